The predicted octanol–water partition coefficient (Wildman–Crippen LogP) is 3.17. The number of hydrogen-bond donors (Lipinski definition) is 0. The SMILES string of the molecule is O=C(c1ncccn1)N1CCC[C@@H]1c1ncc(Cc2cccc(F)c2)o1. The molecule has 1 fully saturated rings. The second-order valence-corrected chi connectivity index (χ2v) is 6.20. The van der Waals surface area contributed by atoms with Crippen LogP contribution >= 0.6 is 0 Å². The Hall–Kier alpha value is -3.09. The summed E-state index contributed by atoms with van der Waals surface area (Å²) in [7, 11) is 0. The van der Waals surface area contributed by atoms with E-state index in [0.717, 1.165) is 18.4 Å². The molecule has 1 saturated heterocycles. The van der Waals surface area contributed by atoms with Gasteiger partial charge in [-0.15, -0.1) is 0 Å². The first-order valence-electron chi connectivity index (χ1n) is 8.48. The minimum absolute atomic E-state index is 0.172. The molecule has 1 aliphatic heterocycles. The molecule has 1 aliphatic rings. The van der Waals surface area contributed by atoms with Crippen LogP contribution in [0, 0.1) is 5.82 Å². The Balaban J connectivity index is 1.52. The maximum Gasteiger partial charge on any atom is 0.292 e. The first kappa shape index (κ1) is 16.4. The van der Waals surface area contributed by atoms with Gasteiger partial charge in [0.25, 0.3) is 5.91 Å². The van der Waals surface area contributed by atoms with Gasteiger partial charge in [0.2, 0.25) is 11.7 Å². The summed E-state index contributed by atoms with van der Waals surface area (Å²) in [5, 5.41) is 0. The molecule has 3 aromatic rings. The van der Waals surface area contributed by atoms with Crippen molar-refractivity contribution in [3.05, 3.63) is 77.8 Å². The molecular formula is C19H17FN4O2. The molecule has 0 saturated carbocycles. The van der Waals surface area contributed by atoms with E-state index in [-0.39, 0.29) is 23.6 Å². The number of amides is 1. The van der Waals surface area contributed by atoms with Crippen molar-refractivity contribution in [3.8, 4) is 0 Å². The zero-order valence-electron chi connectivity index (χ0n) is 14.0. The standard InChI is InChI=1S/C19H17FN4O2/c20-14-5-1-4-13(10-14)11-15-12-23-18(26-15)16-6-2-9-24(16)19(25)17-21-7-3-8-22-17/h1,3-5,7-8,10,12,16H,2,6,9,11H2/t16-/m1/s1. The van der Waals surface area contributed by atoms with Crippen LogP contribution in [0.5, 0.6) is 0 Å². The van der Waals surface area contributed by atoms with E-state index in [9.17, 15) is 9.18 Å². The molecule has 132 valence electrons. The number of halogens is 1. The van der Waals surface area contributed by atoms with Gasteiger partial charge in [0, 0.05) is 25.4 Å². The van der Waals surface area contributed by atoms with Gasteiger partial charge in [0.15, 0.2) is 0 Å². The molecule has 3 heterocycles. The van der Waals surface area contributed by atoms with Crippen LogP contribution in [0.1, 0.15) is 46.7 Å². The highest BCUT2D eigenvalue weighted by molar-refractivity contribution is 5.90. The smallest absolute Gasteiger partial charge is 0.292 e. The van der Waals surface area contributed by atoms with Crippen molar-refractivity contribution in [1.29, 1.82) is 0 Å². The molecule has 0 aliphatic carbocycles. The first-order chi connectivity index (χ1) is 12.7. The molecule has 6 nitrogen and oxygen atoms in total. The Kier molecular flexibility index (Phi) is 4.43. The van der Waals surface area contributed by atoms with Crippen LogP contribution in [0.15, 0.2) is 53.3 Å². The van der Waals surface area contributed by atoms with Crippen LogP contribution in [0.25, 0.3) is 0 Å². The van der Waals surface area contributed by atoms with Crippen molar-refractivity contribution >= 4 is 5.91 Å². The van der Waals surface area contributed by atoms with Gasteiger partial charge >= 0.3 is 0 Å². The molecule has 0 radical (unpaired) electrons. The zero-order valence-corrected chi connectivity index (χ0v) is 14.0. The van der Waals surface area contributed by atoms with Gasteiger partial charge in [0.1, 0.15) is 17.6 Å². The van der Waals surface area contributed by atoms with E-state index in [1.807, 2.05) is 6.07 Å². The minimum atomic E-state index is -0.280. The summed E-state index contributed by atoms with van der Waals surface area (Å²) in [6.07, 6.45) is 6.83. The van der Waals surface area contributed by atoms with Crippen molar-refractivity contribution in [2.24, 2.45) is 0 Å². The third kappa shape index (κ3) is 3.33. The van der Waals surface area contributed by atoms with Gasteiger partial charge in [-0.05, 0) is 36.6 Å². The number of carbonyl (C=O) groups excluding carboxylic acids is 1. The number of hydrogen-bond acceptors (Lipinski definition) is 5. The molecule has 7 heteroatoms. The predicted molar refractivity (Wildman–Crippen MR) is 90.8 cm³/mol. The number of carbonyl (C=O) groups is 1. The lowest BCUT2D eigenvalue weighted by atomic mass is 10.1. The summed E-state index contributed by atoms with van der Waals surface area (Å²) >= 11 is 0. The summed E-state index contributed by atoms with van der Waals surface area (Å²) in [6, 6.07) is 7.82. The van der Waals surface area contributed by atoms with Crippen LogP contribution in [-0.2, 0) is 6.42 Å². The summed E-state index contributed by atoms with van der Waals surface area (Å²) in [4.78, 5) is 26.8. The molecule has 1 amide bonds. The third-order valence-corrected chi connectivity index (χ3v) is 4.39. The average molecular weight is 352 g/mol. The number of nitrogens with zero attached hydrogens (tertiary/aromatic N) is 4. The van der Waals surface area contributed by atoms with Crippen LogP contribution in [0.2, 0.25) is 0 Å². The Bertz CT molecular complexity index is 913. The van der Waals surface area contributed by atoms with Crippen LogP contribution in [-0.4, -0.2) is 32.3 Å². The molecule has 4 rings (SSSR count). The topological polar surface area (TPSA) is 72.1 Å². The number of benzene rings is 1. The van der Waals surface area contributed by atoms with Crippen molar-refractivity contribution < 1.29 is 13.6 Å². The maximum absolute atomic E-state index is 13.3. The van der Waals surface area contributed by atoms with Crippen molar-refractivity contribution in [2.45, 2.75) is 25.3 Å². The summed E-state index contributed by atoms with van der Waals surface area (Å²) < 4.78 is 19.2. The van der Waals surface area contributed by atoms with Crippen molar-refractivity contribution in [1.82, 2.24) is 19.9 Å². The van der Waals surface area contributed by atoms with E-state index in [1.54, 1.807) is 35.6 Å². The second kappa shape index (κ2) is 7.03. The van der Waals surface area contributed by atoms with Gasteiger partial charge in [0.05, 0.1) is 6.20 Å². The molecule has 0 N–H and O–H groups in total. The van der Waals surface area contributed by atoms with E-state index in [1.165, 1.54) is 12.1 Å². The Morgan fingerprint density at radius 2 is 2.08 bits per heavy atom. The largest absolute Gasteiger partial charge is 0.443 e. The average Bonchev–Trinajstić information content (AvgIpc) is 3.31. The fourth-order valence-corrected chi connectivity index (χ4v) is 3.21. The molecule has 0 bridgehead atoms. The van der Waals surface area contributed by atoms with Gasteiger partial charge in [-0.25, -0.2) is 19.3 Å². The highest BCUT2D eigenvalue weighted by atomic mass is 19.1. The van der Waals surface area contributed by atoms with Gasteiger partial charge in [-0.3, -0.25) is 4.79 Å². The second-order valence-electron chi connectivity index (χ2n) is 6.20. The van der Waals surface area contributed by atoms with E-state index in [4.69, 9.17) is 4.42 Å². The molecule has 1 atom stereocenters. The molecule has 0 spiro atoms. The minimum Gasteiger partial charge on any atom is -0.443 e. The van der Waals surface area contributed by atoms with Gasteiger partial charge in [-0.2, -0.15) is 0 Å². The third-order valence-electron chi connectivity index (χ3n) is 4.39. The lowest BCUT2D eigenvalue weighted by molar-refractivity contribution is 0.0702. The molecule has 26 heavy (non-hydrogen) atoms. The molecule has 1 aromatic carbocycles. The number of likely N-dealkylation sites (tertiary alicyclic amines) is 1. The number of rotatable bonds is 4. The molecule has 0 unspecified atom stereocenters. The Morgan fingerprint density at radius 1 is 1.23 bits per heavy atom. The highest BCUT2D eigenvalue weighted by Crippen LogP contribution is 2.32. The molecule has 2 aromatic heterocycles. The van der Waals surface area contributed by atoms with Gasteiger partial charge < -0.3 is 9.32 Å². The highest BCUT2D eigenvalue weighted by Gasteiger charge is 2.34. The first-order valence-corrected chi connectivity index (χ1v) is 8.48. The Labute approximate surface area is 149 Å². The van der Waals surface area contributed by atoms with Gasteiger partial charge in [-0.1, -0.05) is 12.1 Å². The summed E-state index contributed by atoms with van der Waals surface area (Å²) in [6.45, 7) is 0.614. The van der Waals surface area contributed by atoms with Crippen molar-refractivity contribution in [2.75, 3.05) is 6.54 Å². The van der Waals surface area contributed by atoms with E-state index in [0.29, 0.717) is 24.6 Å². The van der Waals surface area contributed by atoms with E-state index in [2.05, 4.69) is 15.0 Å². The number of aromatic nitrogens is 3. The van der Waals surface area contributed by atoms with Crippen LogP contribution < -0.4 is 0 Å². The quantitative estimate of drug-likeness (QED) is 0.721. The Morgan fingerprint density at radius 3 is 2.88 bits per heavy atom. The van der Waals surface area contributed by atoms with E-state index < -0.39 is 0 Å². The van der Waals surface area contributed by atoms with E-state index >= 15 is 0 Å². The summed E-state index contributed by atoms with van der Waals surface area (Å²) in [5.41, 5.74) is 0.810. The lowest BCUT2D eigenvalue weighted by Gasteiger charge is -2.21. The van der Waals surface area contributed by atoms with Crippen LogP contribution in [0.3, 0.4) is 0 Å². The lowest BCUT2D eigenvalue weighted by Crippen LogP contribution is -2.32. The number of oxazole rings is 1. The monoisotopic (exact) mass is 352 g/mol. The van der Waals surface area contributed by atoms with Crippen molar-refractivity contribution in [3.63, 3.8) is 0 Å². The molecular weight excluding hydrogens is 335 g/mol. The fraction of sp³-hybridized carbons (Fsp3) is 0.263. The maximum atomic E-state index is 13.3. The zero-order chi connectivity index (χ0) is 17.9. The fourth-order valence-electron chi connectivity index (χ4n) is 3.21. The summed E-state index contributed by atoms with van der Waals surface area (Å²) in [5.74, 6) is 0.806. The normalized spacial score (nSPS) is 16.8. The van der Waals surface area contributed by atoms with Crippen LogP contribution in [0.4, 0.5) is 4.39 Å².